The van der Waals surface area contributed by atoms with Crippen LogP contribution in [-0.2, 0) is 24.3 Å². The van der Waals surface area contributed by atoms with E-state index in [2.05, 4.69) is 15.3 Å². The molecule has 3 rings (SSSR count). The molecular weight excluding hydrogens is 450 g/mol. The smallest absolute Gasteiger partial charge is 0.325 e. The normalized spacial score (nSPS) is 12.8. The molecule has 32 heavy (non-hydrogen) atoms. The van der Waals surface area contributed by atoms with Crippen LogP contribution in [0.2, 0.25) is 5.02 Å². The van der Waals surface area contributed by atoms with Crippen molar-refractivity contribution in [3.8, 4) is 0 Å². The number of hydrogen-bond donors (Lipinski definition) is 1. The summed E-state index contributed by atoms with van der Waals surface area (Å²) in [6.45, 7) is 9.39. The number of nitrogens with one attached hydrogen (secondary N) is 1. The molecule has 0 saturated heterocycles. The van der Waals surface area contributed by atoms with Crippen molar-refractivity contribution in [1.29, 1.82) is 0 Å². The number of thioether (sulfide) groups is 1. The lowest BCUT2D eigenvalue weighted by atomic mass is 9.96. The van der Waals surface area contributed by atoms with E-state index in [1.54, 1.807) is 32.2 Å². The van der Waals surface area contributed by atoms with Crippen LogP contribution in [0.15, 0.2) is 32.8 Å². The van der Waals surface area contributed by atoms with Gasteiger partial charge in [0.25, 0.3) is 5.56 Å². The highest BCUT2D eigenvalue weighted by Gasteiger charge is 2.26. The summed E-state index contributed by atoms with van der Waals surface area (Å²) in [6, 6.07) is 5.30. The van der Waals surface area contributed by atoms with Gasteiger partial charge in [0.15, 0.2) is 5.65 Å². The van der Waals surface area contributed by atoms with Crippen molar-refractivity contribution < 1.29 is 4.79 Å². The Bertz CT molecular complexity index is 1340. The first-order chi connectivity index (χ1) is 14.8. The van der Waals surface area contributed by atoms with E-state index in [9.17, 15) is 14.4 Å². The number of rotatable bonds is 4. The molecule has 0 radical (unpaired) electrons. The minimum atomic E-state index is -0.582. The molecule has 0 spiro atoms. The standard InChI is InChI=1S/C22H26ClN5O3S/c1-11-13(23)9-8-10-14(11)24-17(29)12(2)32-18-15-16(25-20(26-18)22(3,4)5)27(6)21(31)28(7)19(15)30/h8-10,12H,1-7H3,(H,24,29). The number of halogens is 1. The molecule has 3 aromatic rings. The fourth-order valence-electron chi connectivity index (χ4n) is 3.05. The van der Waals surface area contributed by atoms with Gasteiger partial charge in [-0.15, -0.1) is 0 Å². The van der Waals surface area contributed by atoms with Gasteiger partial charge in [0.05, 0.1) is 5.25 Å². The second-order valence-corrected chi connectivity index (χ2v) is 10.4. The average molecular weight is 476 g/mol. The summed E-state index contributed by atoms with van der Waals surface area (Å²) in [6.07, 6.45) is 0. The van der Waals surface area contributed by atoms with Crippen molar-refractivity contribution in [3.05, 3.63) is 55.4 Å². The van der Waals surface area contributed by atoms with Gasteiger partial charge >= 0.3 is 5.69 Å². The molecule has 1 amide bonds. The Labute approximate surface area is 195 Å². The monoisotopic (exact) mass is 475 g/mol. The van der Waals surface area contributed by atoms with Crippen LogP contribution >= 0.6 is 23.4 Å². The number of anilines is 1. The minimum absolute atomic E-state index is 0.214. The highest BCUT2D eigenvalue weighted by atomic mass is 35.5. The lowest BCUT2D eigenvalue weighted by Crippen LogP contribution is -2.38. The maximum Gasteiger partial charge on any atom is 0.332 e. The van der Waals surface area contributed by atoms with E-state index < -0.39 is 21.9 Å². The van der Waals surface area contributed by atoms with E-state index in [-0.39, 0.29) is 16.9 Å². The van der Waals surface area contributed by atoms with Gasteiger partial charge in [-0.2, -0.15) is 0 Å². The second-order valence-electron chi connectivity index (χ2n) is 8.67. The van der Waals surface area contributed by atoms with Gasteiger partial charge in [0, 0.05) is 30.2 Å². The molecule has 2 aromatic heterocycles. The maximum atomic E-state index is 12.9. The van der Waals surface area contributed by atoms with Crippen LogP contribution < -0.4 is 16.6 Å². The Morgan fingerprint density at radius 3 is 2.44 bits per heavy atom. The lowest BCUT2D eigenvalue weighted by Gasteiger charge is -2.20. The predicted octanol–water partition coefficient (Wildman–Crippen LogP) is 3.41. The number of aryl methyl sites for hydroxylation is 1. The predicted molar refractivity (Wildman–Crippen MR) is 129 cm³/mol. The zero-order valence-corrected chi connectivity index (χ0v) is 20.7. The van der Waals surface area contributed by atoms with E-state index in [1.807, 2.05) is 27.7 Å². The van der Waals surface area contributed by atoms with Crippen molar-refractivity contribution in [1.82, 2.24) is 19.1 Å². The van der Waals surface area contributed by atoms with Crippen molar-refractivity contribution in [2.45, 2.75) is 50.3 Å². The number of fused-ring (bicyclic) bond motifs is 1. The van der Waals surface area contributed by atoms with Crippen molar-refractivity contribution in [2.75, 3.05) is 5.32 Å². The van der Waals surface area contributed by atoms with Crippen LogP contribution in [-0.4, -0.2) is 30.3 Å². The summed E-state index contributed by atoms with van der Waals surface area (Å²) in [7, 11) is 2.98. The van der Waals surface area contributed by atoms with Crippen molar-refractivity contribution in [2.24, 2.45) is 14.1 Å². The Balaban J connectivity index is 2.09. The lowest BCUT2D eigenvalue weighted by molar-refractivity contribution is -0.115. The molecule has 0 aliphatic heterocycles. The second kappa shape index (κ2) is 8.71. The summed E-state index contributed by atoms with van der Waals surface area (Å²) in [5.41, 5.74) is 0.244. The van der Waals surface area contributed by atoms with E-state index >= 15 is 0 Å². The van der Waals surface area contributed by atoms with Gasteiger partial charge in [-0.1, -0.05) is 50.2 Å². The fourth-order valence-corrected chi connectivity index (χ4v) is 4.16. The van der Waals surface area contributed by atoms with E-state index in [0.29, 0.717) is 21.6 Å². The minimum Gasteiger partial charge on any atom is -0.325 e. The summed E-state index contributed by atoms with van der Waals surface area (Å²) in [5, 5.41) is 3.44. The van der Waals surface area contributed by atoms with Gasteiger partial charge in [0.2, 0.25) is 5.91 Å². The molecule has 1 aromatic carbocycles. The molecule has 10 heteroatoms. The maximum absolute atomic E-state index is 12.9. The number of hydrogen-bond acceptors (Lipinski definition) is 6. The number of aromatic nitrogens is 4. The van der Waals surface area contributed by atoms with Gasteiger partial charge in [-0.3, -0.25) is 18.7 Å². The summed E-state index contributed by atoms with van der Waals surface area (Å²) >= 11 is 7.31. The highest BCUT2D eigenvalue weighted by Crippen LogP contribution is 2.30. The van der Waals surface area contributed by atoms with Gasteiger partial charge < -0.3 is 5.32 Å². The zero-order valence-electron chi connectivity index (χ0n) is 19.1. The Morgan fingerprint density at radius 2 is 1.81 bits per heavy atom. The highest BCUT2D eigenvalue weighted by molar-refractivity contribution is 8.00. The zero-order chi connectivity index (χ0) is 24.0. The largest absolute Gasteiger partial charge is 0.332 e. The van der Waals surface area contributed by atoms with E-state index in [1.165, 1.54) is 11.6 Å². The Kier molecular flexibility index (Phi) is 6.53. The van der Waals surface area contributed by atoms with Gasteiger partial charge in [-0.05, 0) is 31.5 Å². The molecule has 1 N–H and O–H groups in total. The molecular formula is C22H26ClN5O3S. The summed E-state index contributed by atoms with van der Waals surface area (Å²) in [4.78, 5) is 47.5. The number of benzene rings is 1. The number of carbonyl (C=O) groups excluding carboxylic acids is 1. The quantitative estimate of drug-likeness (QED) is 0.458. The third-order valence-corrected chi connectivity index (χ3v) is 6.62. The van der Waals surface area contributed by atoms with Crippen LogP contribution in [0.5, 0.6) is 0 Å². The third-order valence-electron chi connectivity index (χ3n) is 5.12. The molecule has 0 aliphatic carbocycles. The first-order valence-corrected chi connectivity index (χ1v) is 11.3. The molecule has 1 unspecified atom stereocenters. The number of amides is 1. The van der Waals surface area contributed by atoms with Crippen molar-refractivity contribution >= 4 is 46.0 Å². The third kappa shape index (κ3) is 4.45. The number of nitrogens with zero attached hydrogens (tertiary/aromatic N) is 4. The van der Waals surface area contributed by atoms with E-state index in [0.717, 1.165) is 21.9 Å². The molecule has 1 atom stereocenters. The summed E-state index contributed by atoms with van der Waals surface area (Å²) < 4.78 is 2.35. The molecule has 170 valence electrons. The molecule has 0 fully saturated rings. The molecule has 8 nitrogen and oxygen atoms in total. The number of carbonyl (C=O) groups is 1. The van der Waals surface area contributed by atoms with E-state index in [4.69, 9.17) is 11.6 Å². The van der Waals surface area contributed by atoms with Crippen LogP contribution in [0.25, 0.3) is 11.0 Å². The fraction of sp³-hybridized carbons (Fsp3) is 0.409. The molecule has 0 bridgehead atoms. The molecule has 0 aliphatic rings. The summed E-state index contributed by atoms with van der Waals surface area (Å²) in [5.74, 6) is 0.222. The Hall–Kier alpha value is -2.65. The topological polar surface area (TPSA) is 98.9 Å². The van der Waals surface area contributed by atoms with Crippen LogP contribution in [0, 0.1) is 6.92 Å². The first kappa shape index (κ1) is 24.0. The van der Waals surface area contributed by atoms with Crippen LogP contribution in [0.1, 0.15) is 39.1 Å². The Morgan fingerprint density at radius 1 is 1.16 bits per heavy atom. The average Bonchev–Trinajstić information content (AvgIpc) is 2.72. The molecule has 2 heterocycles. The van der Waals surface area contributed by atoms with Crippen LogP contribution in [0.4, 0.5) is 5.69 Å². The first-order valence-electron chi connectivity index (χ1n) is 10.0. The van der Waals surface area contributed by atoms with Crippen molar-refractivity contribution in [3.63, 3.8) is 0 Å². The van der Waals surface area contributed by atoms with Crippen LogP contribution in [0.3, 0.4) is 0 Å². The molecule has 0 saturated carbocycles. The van der Waals surface area contributed by atoms with Gasteiger partial charge in [-0.25, -0.2) is 14.8 Å². The SMILES string of the molecule is Cc1c(Cl)cccc1NC(=O)C(C)Sc1nc(C(C)(C)C)nc2c1c(=O)n(C)c(=O)n2C. The van der Waals surface area contributed by atoms with Gasteiger partial charge in [0.1, 0.15) is 16.2 Å².